The number of hydrogen-bond donors (Lipinski definition) is 0. The van der Waals surface area contributed by atoms with Crippen LogP contribution in [0.2, 0.25) is 0 Å². The second-order valence-corrected chi connectivity index (χ2v) is 4.40. The lowest BCUT2D eigenvalue weighted by Crippen LogP contribution is -2.33. The first kappa shape index (κ1) is 10.3. The van der Waals surface area contributed by atoms with Crippen molar-refractivity contribution in [2.45, 2.75) is 12.8 Å². The number of carbonyl (C=O) groups excluding carboxylic acids is 1. The lowest BCUT2D eigenvalue weighted by Gasteiger charge is -2.29. The van der Waals surface area contributed by atoms with E-state index in [1.54, 1.807) is 0 Å². The maximum atomic E-state index is 11.3. The summed E-state index contributed by atoms with van der Waals surface area (Å²) in [6.07, 6.45) is 5.04. The van der Waals surface area contributed by atoms with Crippen molar-refractivity contribution in [2.75, 3.05) is 18.0 Å². The van der Waals surface area contributed by atoms with E-state index in [4.69, 9.17) is 0 Å². The largest absolute Gasteiger partial charge is 0.370 e. The molecular formula is C14H14N2O. The van der Waals surface area contributed by atoms with E-state index in [0.29, 0.717) is 18.6 Å². The molecule has 1 aliphatic rings. The zero-order chi connectivity index (χ0) is 11.7. The summed E-state index contributed by atoms with van der Waals surface area (Å²) in [7, 11) is 0. The summed E-state index contributed by atoms with van der Waals surface area (Å²) in [5.41, 5.74) is 1.22. The molecule has 0 saturated carbocycles. The predicted molar refractivity (Wildman–Crippen MR) is 68.2 cm³/mol. The molecule has 2 heterocycles. The highest BCUT2D eigenvalue weighted by molar-refractivity contribution is 5.94. The minimum Gasteiger partial charge on any atom is -0.370 e. The Morgan fingerprint density at radius 2 is 1.94 bits per heavy atom. The number of rotatable bonds is 1. The predicted octanol–water partition coefficient (Wildman–Crippen LogP) is 2.40. The highest BCUT2D eigenvalue weighted by atomic mass is 16.1. The number of carbonyl (C=O) groups is 1. The number of nitrogens with zero attached hydrogens (tertiary/aromatic N) is 2. The molecule has 0 atom stereocenters. The van der Waals surface area contributed by atoms with Crippen LogP contribution in [-0.2, 0) is 4.79 Å². The van der Waals surface area contributed by atoms with E-state index in [1.165, 1.54) is 11.1 Å². The smallest absolute Gasteiger partial charge is 0.136 e. The number of ketones is 1. The first-order chi connectivity index (χ1) is 8.34. The van der Waals surface area contributed by atoms with Crippen LogP contribution in [-0.4, -0.2) is 23.9 Å². The Bertz CT molecular complexity index is 550. The van der Waals surface area contributed by atoms with Crippen molar-refractivity contribution in [3.63, 3.8) is 0 Å². The van der Waals surface area contributed by atoms with Crippen LogP contribution in [0.25, 0.3) is 10.8 Å². The van der Waals surface area contributed by atoms with E-state index >= 15 is 0 Å². The van der Waals surface area contributed by atoms with Crippen molar-refractivity contribution in [3.8, 4) is 0 Å². The van der Waals surface area contributed by atoms with E-state index in [9.17, 15) is 4.79 Å². The summed E-state index contributed by atoms with van der Waals surface area (Å²) in [6.45, 7) is 1.67. The molecule has 86 valence electrons. The molecule has 0 aliphatic carbocycles. The third-order valence-electron chi connectivity index (χ3n) is 3.32. The monoisotopic (exact) mass is 226 g/mol. The topological polar surface area (TPSA) is 33.2 Å². The van der Waals surface area contributed by atoms with Crippen LogP contribution in [0.3, 0.4) is 0 Å². The lowest BCUT2D eigenvalue weighted by molar-refractivity contribution is -0.119. The van der Waals surface area contributed by atoms with Gasteiger partial charge >= 0.3 is 0 Å². The first-order valence-electron chi connectivity index (χ1n) is 5.94. The Labute approximate surface area is 100 Å². The molecule has 1 saturated heterocycles. The summed E-state index contributed by atoms with van der Waals surface area (Å²) in [4.78, 5) is 17.7. The Balaban J connectivity index is 2.02. The molecular weight excluding hydrogens is 212 g/mol. The number of anilines is 1. The first-order valence-corrected chi connectivity index (χ1v) is 5.94. The van der Waals surface area contributed by atoms with Gasteiger partial charge in [-0.05, 0) is 12.1 Å². The van der Waals surface area contributed by atoms with Crippen LogP contribution in [0.5, 0.6) is 0 Å². The molecule has 17 heavy (non-hydrogen) atoms. The molecule has 2 aromatic rings. The lowest BCUT2D eigenvalue weighted by atomic mass is 10.1. The van der Waals surface area contributed by atoms with Gasteiger partial charge in [-0.1, -0.05) is 12.1 Å². The highest BCUT2D eigenvalue weighted by Crippen LogP contribution is 2.27. The standard InChI is InChI=1S/C14H14N2O/c17-12-5-8-16(9-6-12)14-3-1-2-11-10-15-7-4-13(11)14/h1-4,7,10H,5-6,8-9H2. The fourth-order valence-electron chi connectivity index (χ4n) is 2.38. The van der Waals surface area contributed by atoms with E-state index in [-0.39, 0.29) is 0 Å². The van der Waals surface area contributed by atoms with E-state index in [0.717, 1.165) is 18.5 Å². The van der Waals surface area contributed by atoms with Crippen LogP contribution in [0.4, 0.5) is 5.69 Å². The average Bonchev–Trinajstić information content (AvgIpc) is 2.39. The molecule has 3 rings (SSSR count). The van der Waals surface area contributed by atoms with E-state index in [1.807, 2.05) is 18.5 Å². The van der Waals surface area contributed by atoms with Gasteiger partial charge in [0.15, 0.2) is 0 Å². The minimum atomic E-state index is 0.378. The quantitative estimate of drug-likeness (QED) is 0.748. The second kappa shape index (κ2) is 4.17. The van der Waals surface area contributed by atoms with Gasteiger partial charge in [-0.15, -0.1) is 0 Å². The number of benzene rings is 1. The zero-order valence-corrected chi connectivity index (χ0v) is 9.60. The SMILES string of the molecule is O=C1CCN(c2cccc3cnccc23)CC1. The Kier molecular flexibility index (Phi) is 2.52. The summed E-state index contributed by atoms with van der Waals surface area (Å²) < 4.78 is 0. The molecule has 1 fully saturated rings. The molecule has 0 N–H and O–H groups in total. The van der Waals surface area contributed by atoms with Crippen molar-refractivity contribution in [1.29, 1.82) is 0 Å². The molecule has 1 aromatic carbocycles. The van der Waals surface area contributed by atoms with Gasteiger partial charge in [-0.25, -0.2) is 0 Å². The van der Waals surface area contributed by atoms with Crippen molar-refractivity contribution in [3.05, 3.63) is 36.7 Å². The summed E-state index contributed by atoms with van der Waals surface area (Å²) >= 11 is 0. The maximum absolute atomic E-state index is 11.3. The molecule has 3 heteroatoms. The van der Waals surface area contributed by atoms with Crippen LogP contribution >= 0.6 is 0 Å². The van der Waals surface area contributed by atoms with Gasteiger partial charge < -0.3 is 4.90 Å². The Morgan fingerprint density at radius 3 is 2.76 bits per heavy atom. The van der Waals surface area contributed by atoms with Crippen LogP contribution in [0, 0.1) is 0 Å². The third-order valence-corrected chi connectivity index (χ3v) is 3.32. The maximum Gasteiger partial charge on any atom is 0.136 e. The van der Waals surface area contributed by atoms with Gasteiger partial charge in [0, 0.05) is 54.8 Å². The number of pyridine rings is 1. The van der Waals surface area contributed by atoms with E-state index < -0.39 is 0 Å². The molecule has 0 radical (unpaired) electrons. The van der Waals surface area contributed by atoms with Crippen molar-refractivity contribution in [1.82, 2.24) is 4.98 Å². The van der Waals surface area contributed by atoms with Crippen molar-refractivity contribution in [2.24, 2.45) is 0 Å². The molecule has 0 amide bonds. The molecule has 0 bridgehead atoms. The summed E-state index contributed by atoms with van der Waals surface area (Å²) in [5.74, 6) is 0.378. The highest BCUT2D eigenvalue weighted by Gasteiger charge is 2.17. The zero-order valence-electron chi connectivity index (χ0n) is 9.60. The van der Waals surface area contributed by atoms with Crippen LogP contribution < -0.4 is 4.90 Å². The minimum absolute atomic E-state index is 0.378. The number of Topliss-reactive ketones (excluding diaryl/α,β-unsaturated/α-hetero) is 1. The van der Waals surface area contributed by atoms with Crippen LogP contribution in [0.15, 0.2) is 36.7 Å². The molecule has 1 aromatic heterocycles. The van der Waals surface area contributed by atoms with Gasteiger partial charge in [0.05, 0.1) is 0 Å². The number of piperidine rings is 1. The molecule has 1 aliphatic heterocycles. The Hall–Kier alpha value is -1.90. The molecule has 0 unspecified atom stereocenters. The Morgan fingerprint density at radius 1 is 1.12 bits per heavy atom. The van der Waals surface area contributed by atoms with Crippen LogP contribution in [0.1, 0.15) is 12.8 Å². The summed E-state index contributed by atoms with van der Waals surface area (Å²) in [5, 5.41) is 2.37. The van der Waals surface area contributed by atoms with Gasteiger partial charge in [0.2, 0.25) is 0 Å². The molecule has 0 spiro atoms. The normalized spacial score (nSPS) is 16.5. The van der Waals surface area contributed by atoms with Crippen molar-refractivity contribution >= 4 is 22.2 Å². The third kappa shape index (κ3) is 1.88. The van der Waals surface area contributed by atoms with Crippen molar-refractivity contribution < 1.29 is 4.79 Å². The fraction of sp³-hybridized carbons (Fsp3) is 0.286. The van der Waals surface area contributed by atoms with Gasteiger partial charge in [-0.2, -0.15) is 0 Å². The fourth-order valence-corrected chi connectivity index (χ4v) is 2.38. The van der Waals surface area contributed by atoms with E-state index in [2.05, 4.69) is 28.1 Å². The number of hydrogen-bond acceptors (Lipinski definition) is 3. The summed E-state index contributed by atoms with van der Waals surface area (Å²) in [6, 6.07) is 8.29. The number of aromatic nitrogens is 1. The average molecular weight is 226 g/mol. The number of fused-ring (bicyclic) bond motifs is 1. The van der Waals surface area contributed by atoms with Gasteiger partial charge in [0.1, 0.15) is 5.78 Å². The second-order valence-electron chi connectivity index (χ2n) is 4.40. The van der Waals surface area contributed by atoms with Gasteiger partial charge in [0.25, 0.3) is 0 Å². The molecule has 3 nitrogen and oxygen atoms in total. The van der Waals surface area contributed by atoms with Gasteiger partial charge in [-0.3, -0.25) is 9.78 Å².